The molecule has 1 N–H and O–H groups in total. The molecule has 0 fully saturated rings. The summed E-state index contributed by atoms with van der Waals surface area (Å²) in [5, 5.41) is 4.60. The second-order valence-electron chi connectivity index (χ2n) is 4.72. The van der Waals surface area contributed by atoms with Gasteiger partial charge in [-0.05, 0) is 53.7 Å². The van der Waals surface area contributed by atoms with E-state index in [1.54, 1.807) is 0 Å². The molecule has 1 aliphatic carbocycles. The fraction of sp³-hybridized carbons (Fsp3) is 0.429. The first-order valence-corrected chi connectivity index (χ1v) is 8.25. The summed E-state index contributed by atoms with van der Waals surface area (Å²) in [6, 6.07) is 3.98. The minimum atomic E-state index is 0.890. The molecule has 100 valence electrons. The van der Waals surface area contributed by atoms with Gasteiger partial charge in [-0.25, -0.2) is 9.97 Å². The van der Waals surface area contributed by atoms with Crippen LogP contribution in [0, 0.1) is 0 Å². The van der Waals surface area contributed by atoms with Crippen LogP contribution < -0.4 is 5.32 Å². The Hall–Kier alpha value is -0.940. The Morgan fingerprint density at radius 1 is 1.26 bits per heavy atom. The number of thiazole rings is 1. The van der Waals surface area contributed by atoms with E-state index in [0.29, 0.717) is 0 Å². The molecule has 1 aliphatic rings. The van der Waals surface area contributed by atoms with Gasteiger partial charge >= 0.3 is 0 Å². The predicted molar refractivity (Wildman–Crippen MR) is 82.9 cm³/mol. The van der Waals surface area contributed by atoms with Gasteiger partial charge in [-0.1, -0.05) is 0 Å². The first kappa shape index (κ1) is 13.1. The van der Waals surface area contributed by atoms with E-state index in [0.717, 1.165) is 23.3 Å². The van der Waals surface area contributed by atoms with Crippen LogP contribution in [0.5, 0.6) is 0 Å². The van der Waals surface area contributed by atoms with E-state index in [4.69, 9.17) is 4.98 Å². The van der Waals surface area contributed by atoms with Gasteiger partial charge in [0.2, 0.25) is 0 Å². The Kier molecular flexibility index (Phi) is 4.13. The van der Waals surface area contributed by atoms with Gasteiger partial charge in [0.1, 0.15) is 5.82 Å². The summed E-state index contributed by atoms with van der Waals surface area (Å²) >= 11 is 5.28. The molecule has 2 heterocycles. The Balaban J connectivity index is 1.54. The molecule has 0 unspecified atom stereocenters. The maximum Gasteiger partial charge on any atom is 0.125 e. The van der Waals surface area contributed by atoms with Gasteiger partial charge in [0, 0.05) is 28.5 Å². The third kappa shape index (κ3) is 3.34. The van der Waals surface area contributed by atoms with Crippen LogP contribution in [-0.2, 0) is 19.3 Å². The summed E-state index contributed by atoms with van der Waals surface area (Å²) in [4.78, 5) is 10.6. The van der Waals surface area contributed by atoms with Gasteiger partial charge in [0.05, 0.1) is 10.7 Å². The number of halogens is 1. The number of rotatable bonds is 4. The van der Waals surface area contributed by atoms with Crippen molar-refractivity contribution >= 4 is 33.1 Å². The van der Waals surface area contributed by atoms with E-state index in [9.17, 15) is 0 Å². The van der Waals surface area contributed by atoms with Crippen molar-refractivity contribution in [2.45, 2.75) is 32.1 Å². The molecule has 19 heavy (non-hydrogen) atoms. The van der Waals surface area contributed by atoms with Gasteiger partial charge in [-0.2, -0.15) is 0 Å². The maximum absolute atomic E-state index is 4.75. The zero-order valence-electron chi connectivity index (χ0n) is 10.7. The number of anilines is 1. The topological polar surface area (TPSA) is 37.8 Å². The molecule has 0 aromatic carbocycles. The van der Waals surface area contributed by atoms with E-state index < -0.39 is 0 Å². The Morgan fingerprint density at radius 2 is 2.16 bits per heavy atom. The zero-order valence-corrected chi connectivity index (χ0v) is 13.1. The van der Waals surface area contributed by atoms with E-state index in [2.05, 4.69) is 26.2 Å². The van der Waals surface area contributed by atoms with Gasteiger partial charge in [-0.3, -0.25) is 0 Å². The molecular formula is C14H16BrN3S. The predicted octanol–water partition coefficient (Wildman–Crippen LogP) is 3.83. The summed E-state index contributed by atoms with van der Waals surface area (Å²) in [5.74, 6) is 0.921. The smallest absolute Gasteiger partial charge is 0.125 e. The molecule has 3 rings (SSSR count). The second kappa shape index (κ2) is 6.01. The second-order valence-corrected chi connectivity index (χ2v) is 6.81. The summed E-state index contributed by atoms with van der Waals surface area (Å²) in [7, 11) is 0. The number of aromatic nitrogens is 2. The van der Waals surface area contributed by atoms with Crippen molar-refractivity contribution in [1.29, 1.82) is 0 Å². The Morgan fingerprint density at radius 3 is 2.95 bits per heavy atom. The lowest BCUT2D eigenvalue weighted by molar-refractivity contribution is 0.680. The number of nitrogens with one attached hydrogen (secondary N) is 1. The van der Waals surface area contributed by atoms with E-state index in [1.165, 1.54) is 41.3 Å². The quantitative estimate of drug-likeness (QED) is 0.921. The summed E-state index contributed by atoms with van der Waals surface area (Å²) in [6.45, 7) is 0.890. The van der Waals surface area contributed by atoms with Crippen molar-refractivity contribution in [3.8, 4) is 0 Å². The van der Waals surface area contributed by atoms with Crippen LogP contribution >= 0.6 is 27.3 Å². The number of aryl methyl sites for hydroxylation is 2. The summed E-state index contributed by atoms with van der Waals surface area (Å²) in [5.41, 5.74) is 1.35. The molecule has 3 nitrogen and oxygen atoms in total. The number of pyridine rings is 1. The molecule has 2 aromatic rings. The highest BCUT2D eigenvalue weighted by atomic mass is 79.9. The first-order valence-electron chi connectivity index (χ1n) is 6.64. The largest absolute Gasteiger partial charge is 0.370 e. The molecule has 0 bridgehead atoms. The first-order chi connectivity index (χ1) is 9.31. The monoisotopic (exact) mass is 337 g/mol. The van der Waals surface area contributed by atoms with Gasteiger partial charge in [-0.15, -0.1) is 11.3 Å². The van der Waals surface area contributed by atoms with Crippen molar-refractivity contribution in [1.82, 2.24) is 9.97 Å². The highest BCUT2D eigenvalue weighted by Gasteiger charge is 2.14. The highest BCUT2D eigenvalue weighted by molar-refractivity contribution is 9.10. The highest BCUT2D eigenvalue weighted by Crippen LogP contribution is 2.26. The van der Waals surface area contributed by atoms with E-state index in [-0.39, 0.29) is 0 Å². The summed E-state index contributed by atoms with van der Waals surface area (Å²) in [6.07, 6.45) is 7.83. The third-order valence-electron chi connectivity index (χ3n) is 3.26. The molecular weight excluding hydrogens is 322 g/mol. The Bertz CT molecular complexity index is 527. The minimum Gasteiger partial charge on any atom is -0.370 e. The molecule has 0 amide bonds. The van der Waals surface area contributed by atoms with Gasteiger partial charge in [0.25, 0.3) is 0 Å². The third-order valence-corrected chi connectivity index (χ3v) is 4.95. The van der Waals surface area contributed by atoms with Crippen molar-refractivity contribution in [2.24, 2.45) is 0 Å². The average Bonchev–Trinajstić information content (AvgIpc) is 2.83. The number of hydrogen-bond donors (Lipinski definition) is 1. The molecule has 2 aromatic heterocycles. The van der Waals surface area contributed by atoms with Crippen LogP contribution in [0.15, 0.2) is 22.8 Å². The Labute approximate surface area is 125 Å². The maximum atomic E-state index is 4.75. The van der Waals surface area contributed by atoms with Crippen LogP contribution in [0.3, 0.4) is 0 Å². The van der Waals surface area contributed by atoms with Crippen LogP contribution in [0.25, 0.3) is 0 Å². The lowest BCUT2D eigenvalue weighted by Crippen LogP contribution is -2.06. The van der Waals surface area contributed by atoms with Crippen molar-refractivity contribution in [2.75, 3.05) is 11.9 Å². The van der Waals surface area contributed by atoms with Crippen molar-refractivity contribution in [3.63, 3.8) is 0 Å². The molecule has 0 aliphatic heterocycles. The van der Waals surface area contributed by atoms with Gasteiger partial charge < -0.3 is 5.32 Å². The molecule has 0 spiro atoms. The fourth-order valence-electron chi connectivity index (χ4n) is 2.29. The molecule has 0 saturated heterocycles. The summed E-state index contributed by atoms with van der Waals surface area (Å²) < 4.78 is 1.01. The van der Waals surface area contributed by atoms with Gasteiger partial charge in [0.15, 0.2) is 0 Å². The van der Waals surface area contributed by atoms with Crippen molar-refractivity contribution < 1.29 is 0 Å². The minimum absolute atomic E-state index is 0.890. The number of hydrogen-bond acceptors (Lipinski definition) is 4. The van der Waals surface area contributed by atoms with Crippen LogP contribution in [0.1, 0.15) is 28.4 Å². The zero-order chi connectivity index (χ0) is 13.1. The fourth-order valence-corrected chi connectivity index (χ4v) is 3.68. The molecule has 0 radical (unpaired) electrons. The van der Waals surface area contributed by atoms with Crippen LogP contribution in [0.2, 0.25) is 0 Å². The van der Waals surface area contributed by atoms with E-state index >= 15 is 0 Å². The lowest BCUT2D eigenvalue weighted by Gasteiger charge is -2.06. The van der Waals surface area contributed by atoms with Crippen molar-refractivity contribution in [3.05, 3.63) is 38.4 Å². The molecule has 0 atom stereocenters. The number of nitrogens with zero attached hydrogens (tertiary/aromatic N) is 2. The van der Waals surface area contributed by atoms with Crippen LogP contribution in [0.4, 0.5) is 5.82 Å². The van der Waals surface area contributed by atoms with E-state index in [1.807, 2.05) is 29.7 Å². The lowest BCUT2D eigenvalue weighted by atomic mass is 10.0. The average molecular weight is 338 g/mol. The molecule has 0 saturated carbocycles. The normalized spacial score (nSPS) is 14.2. The van der Waals surface area contributed by atoms with Crippen LogP contribution in [-0.4, -0.2) is 16.5 Å². The number of fused-ring (bicyclic) bond motifs is 1. The standard InChI is InChI=1S/C14H16BrN3S/c15-10-5-6-13(17-9-10)16-8-7-14-18-11-3-1-2-4-12(11)19-14/h5-6,9H,1-4,7-8H2,(H,16,17). The molecule has 5 heteroatoms. The SMILES string of the molecule is Brc1ccc(NCCc2nc3c(s2)CCCC3)nc1.